The van der Waals surface area contributed by atoms with E-state index in [1.54, 1.807) is 0 Å². The minimum absolute atomic E-state index is 0.0201. The summed E-state index contributed by atoms with van der Waals surface area (Å²) in [7, 11) is 0. The second-order valence-electron chi connectivity index (χ2n) is 5.35. The summed E-state index contributed by atoms with van der Waals surface area (Å²) in [5.41, 5.74) is 5.03. The lowest BCUT2D eigenvalue weighted by atomic mass is 9.89. The van der Waals surface area contributed by atoms with Gasteiger partial charge in [0.1, 0.15) is 0 Å². The van der Waals surface area contributed by atoms with Crippen LogP contribution in [0.15, 0.2) is 18.2 Å². The molecule has 110 valence electrons. The zero-order chi connectivity index (χ0) is 14.8. The predicted octanol–water partition coefficient (Wildman–Crippen LogP) is 4.44. The van der Waals surface area contributed by atoms with Crippen molar-refractivity contribution in [3.63, 3.8) is 0 Å². The Morgan fingerprint density at radius 2 is 1.70 bits per heavy atom. The zero-order valence-corrected chi connectivity index (χ0v) is 11.2. The molecule has 2 rings (SSSR count). The Hall–Kier alpha value is -1.52. The number of hydrogen-bond acceptors (Lipinski definition) is 2. The highest BCUT2D eigenvalue weighted by Gasteiger charge is 2.32. The van der Waals surface area contributed by atoms with Crippen LogP contribution in [0.1, 0.15) is 54.4 Å². The number of carbonyl (C=O) groups excluding carboxylic acids is 1. The second kappa shape index (κ2) is 5.85. The minimum atomic E-state index is -4.45. The van der Waals surface area contributed by atoms with Gasteiger partial charge in [-0.25, -0.2) is 0 Å². The van der Waals surface area contributed by atoms with Gasteiger partial charge in [-0.05, 0) is 31.0 Å². The van der Waals surface area contributed by atoms with Crippen molar-refractivity contribution in [3.05, 3.63) is 29.3 Å². The average Bonchev–Trinajstić information content (AvgIpc) is 2.66. The van der Waals surface area contributed by atoms with E-state index in [0.717, 1.165) is 50.7 Å². The van der Waals surface area contributed by atoms with Crippen LogP contribution < -0.4 is 5.73 Å². The van der Waals surface area contributed by atoms with E-state index in [2.05, 4.69) is 0 Å². The first-order chi connectivity index (χ1) is 9.39. The van der Waals surface area contributed by atoms with Crippen molar-refractivity contribution in [2.45, 2.75) is 44.7 Å². The Balaban J connectivity index is 2.28. The van der Waals surface area contributed by atoms with Crippen LogP contribution in [0.2, 0.25) is 0 Å². The lowest BCUT2D eigenvalue weighted by Gasteiger charge is -2.16. The molecule has 0 spiro atoms. The van der Waals surface area contributed by atoms with Crippen molar-refractivity contribution in [1.29, 1.82) is 0 Å². The van der Waals surface area contributed by atoms with E-state index < -0.39 is 11.7 Å². The summed E-state index contributed by atoms with van der Waals surface area (Å²) in [5.74, 6) is -0.432. The SMILES string of the molecule is Nc1ccc(C(F)(F)F)cc1C(=O)C1CCCCCC1. The van der Waals surface area contributed by atoms with Gasteiger partial charge in [-0.2, -0.15) is 13.2 Å². The van der Waals surface area contributed by atoms with E-state index in [0.29, 0.717) is 0 Å². The monoisotopic (exact) mass is 285 g/mol. The quantitative estimate of drug-likeness (QED) is 0.496. The van der Waals surface area contributed by atoms with Crippen LogP contribution in [-0.4, -0.2) is 5.78 Å². The van der Waals surface area contributed by atoms with E-state index in [1.165, 1.54) is 6.07 Å². The van der Waals surface area contributed by atoms with Crippen molar-refractivity contribution < 1.29 is 18.0 Å². The number of alkyl halides is 3. The first-order valence-electron chi connectivity index (χ1n) is 6.90. The molecule has 1 saturated carbocycles. The second-order valence-corrected chi connectivity index (χ2v) is 5.35. The summed E-state index contributed by atoms with van der Waals surface area (Å²) in [6, 6.07) is 2.98. The van der Waals surface area contributed by atoms with E-state index in [4.69, 9.17) is 5.73 Å². The molecule has 0 saturated heterocycles. The summed E-state index contributed by atoms with van der Waals surface area (Å²) in [4.78, 5) is 12.4. The van der Waals surface area contributed by atoms with Crippen LogP contribution in [0.25, 0.3) is 0 Å². The number of nitrogens with two attached hydrogens (primary N) is 1. The fraction of sp³-hybridized carbons (Fsp3) is 0.533. The molecule has 0 amide bonds. The highest BCUT2D eigenvalue weighted by atomic mass is 19.4. The topological polar surface area (TPSA) is 43.1 Å². The molecule has 0 radical (unpaired) electrons. The molecule has 20 heavy (non-hydrogen) atoms. The third-order valence-electron chi connectivity index (χ3n) is 3.87. The Morgan fingerprint density at radius 3 is 2.25 bits per heavy atom. The number of halogens is 3. The molecule has 5 heteroatoms. The Kier molecular flexibility index (Phi) is 4.35. The van der Waals surface area contributed by atoms with Crippen molar-refractivity contribution in [2.24, 2.45) is 5.92 Å². The Morgan fingerprint density at radius 1 is 1.10 bits per heavy atom. The number of hydrogen-bond donors (Lipinski definition) is 1. The molecule has 0 atom stereocenters. The number of anilines is 1. The number of carbonyl (C=O) groups is 1. The highest BCUT2D eigenvalue weighted by molar-refractivity contribution is 6.02. The van der Waals surface area contributed by atoms with Gasteiger partial charge in [0.05, 0.1) is 5.56 Å². The van der Waals surface area contributed by atoms with Crippen LogP contribution in [0.3, 0.4) is 0 Å². The first kappa shape index (κ1) is 14.9. The van der Waals surface area contributed by atoms with Crippen LogP contribution in [0.5, 0.6) is 0 Å². The van der Waals surface area contributed by atoms with Gasteiger partial charge in [-0.15, -0.1) is 0 Å². The smallest absolute Gasteiger partial charge is 0.398 e. The molecule has 0 aliphatic heterocycles. The molecule has 2 nitrogen and oxygen atoms in total. The van der Waals surface area contributed by atoms with Crippen molar-refractivity contribution in [3.8, 4) is 0 Å². The molecule has 0 aromatic heterocycles. The molecule has 1 aliphatic carbocycles. The van der Waals surface area contributed by atoms with Crippen molar-refractivity contribution in [2.75, 3.05) is 5.73 Å². The molecular formula is C15H18F3NO. The van der Waals surface area contributed by atoms with Crippen LogP contribution >= 0.6 is 0 Å². The minimum Gasteiger partial charge on any atom is -0.398 e. The van der Waals surface area contributed by atoms with Crippen LogP contribution in [0.4, 0.5) is 18.9 Å². The maximum absolute atomic E-state index is 12.7. The number of Topliss-reactive ketones (excluding diaryl/α,β-unsaturated/α-hetero) is 1. The van der Waals surface area contributed by atoms with Crippen molar-refractivity contribution >= 4 is 11.5 Å². The van der Waals surface area contributed by atoms with E-state index >= 15 is 0 Å². The third-order valence-corrected chi connectivity index (χ3v) is 3.87. The number of benzene rings is 1. The van der Waals surface area contributed by atoms with Crippen LogP contribution in [0, 0.1) is 5.92 Å². The van der Waals surface area contributed by atoms with Gasteiger partial charge in [0, 0.05) is 17.2 Å². The molecule has 0 bridgehead atoms. The maximum atomic E-state index is 12.7. The summed E-state index contributed by atoms with van der Waals surface area (Å²) in [6.45, 7) is 0. The normalized spacial score (nSPS) is 17.8. The van der Waals surface area contributed by atoms with E-state index in [9.17, 15) is 18.0 Å². The van der Waals surface area contributed by atoms with Gasteiger partial charge >= 0.3 is 6.18 Å². The molecule has 1 aromatic rings. The van der Waals surface area contributed by atoms with Crippen molar-refractivity contribution in [1.82, 2.24) is 0 Å². The van der Waals surface area contributed by atoms with Gasteiger partial charge in [0.25, 0.3) is 0 Å². The van der Waals surface area contributed by atoms with E-state index in [-0.39, 0.29) is 23.0 Å². The fourth-order valence-electron chi connectivity index (χ4n) is 2.71. The van der Waals surface area contributed by atoms with Gasteiger partial charge in [0.2, 0.25) is 0 Å². The summed E-state index contributed by atoms with van der Waals surface area (Å²) in [6.07, 6.45) is 1.11. The first-order valence-corrected chi connectivity index (χ1v) is 6.90. The lowest BCUT2D eigenvalue weighted by Crippen LogP contribution is -2.17. The number of nitrogen functional groups attached to an aromatic ring is 1. The molecule has 2 N–H and O–H groups in total. The van der Waals surface area contributed by atoms with Gasteiger partial charge in [-0.1, -0.05) is 25.7 Å². The van der Waals surface area contributed by atoms with Crippen LogP contribution in [-0.2, 0) is 6.18 Å². The third kappa shape index (κ3) is 3.32. The summed E-state index contributed by atoms with van der Waals surface area (Å²) in [5, 5.41) is 0. The van der Waals surface area contributed by atoms with Gasteiger partial charge in [-0.3, -0.25) is 4.79 Å². The maximum Gasteiger partial charge on any atom is 0.416 e. The number of rotatable bonds is 2. The molecule has 1 aromatic carbocycles. The molecular weight excluding hydrogens is 267 g/mol. The van der Waals surface area contributed by atoms with Gasteiger partial charge in [0.15, 0.2) is 5.78 Å². The predicted molar refractivity (Wildman–Crippen MR) is 71.4 cm³/mol. The number of ketones is 1. The van der Waals surface area contributed by atoms with E-state index in [1.807, 2.05) is 0 Å². The Labute approximate surface area is 116 Å². The summed E-state index contributed by atoms with van der Waals surface area (Å²) >= 11 is 0. The molecule has 0 unspecified atom stereocenters. The van der Waals surface area contributed by atoms with Gasteiger partial charge < -0.3 is 5.73 Å². The zero-order valence-electron chi connectivity index (χ0n) is 11.2. The fourth-order valence-corrected chi connectivity index (χ4v) is 2.71. The summed E-state index contributed by atoms with van der Waals surface area (Å²) < 4.78 is 38.2. The Bertz CT molecular complexity index is 488. The lowest BCUT2D eigenvalue weighted by molar-refractivity contribution is -0.137. The molecule has 0 heterocycles. The largest absolute Gasteiger partial charge is 0.416 e. The standard InChI is InChI=1S/C15H18F3NO/c16-15(17,18)11-7-8-13(19)12(9-11)14(20)10-5-3-1-2-4-6-10/h7-10H,1-6,19H2. The molecule has 1 aliphatic rings. The highest BCUT2D eigenvalue weighted by Crippen LogP contribution is 2.33. The average molecular weight is 285 g/mol. The molecule has 1 fully saturated rings.